The van der Waals surface area contributed by atoms with E-state index in [-0.39, 0.29) is 0 Å². The maximum Gasteiger partial charge on any atom is 0.514 e. The van der Waals surface area contributed by atoms with Gasteiger partial charge in [-0.25, -0.2) is 0 Å². The first kappa shape index (κ1) is 13.1. The van der Waals surface area contributed by atoms with Crippen LogP contribution in [0.3, 0.4) is 0 Å². The Morgan fingerprint density at radius 3 is 2.20 bits per heavy atom. The molecule has 0 bridgehead atoms. The molecule has 0 atom stereocenters. The van der Waals surface area contributed by atoms with Crippen molar-refractivity contribution in [1.82, 2.24) is 0 Å². The molecular weight excluding hydrogens is 210 g/mol. The van der Waals surface area contributed by atoms with E-state index in [0.717, 1.165) is 6.61 Å². The van der Waals surface area contributed by atoms with Gasteiger partial charge in [-0.2, -0.15) is 0 Å². The molecule has 90 valence electrons. The zero-order chi connectivity index (χ0) is 11.1. The van der Waals surface area contributed by atoms with Crippen LogP contribution < -0.4 is 5.73 Å². The van der Waals surface area contributed by atoms with Crippen molar-refractivity contribution in [1.29, 1.82) is 0 Å². The first-order chi connectivity index (χ1) is 7.26. The van der Waals surface area contributed by atoms with Crippen LogP contribution in [0.1, 0.15) is 32.1 Å². The van der Waals surface area contributed by atoms with E-state index in [4.69, 9.17) is 19.0 Å². The van der Waals surface area contributed by atoms with Gasteiger partial charge in [-0.15, -0.1) is 0 Å². The van der Waals surface area contributed by atoms with E-state index in [9.17, 15) is 0 Å². The largest absolute Gasteiger partial charge is 0.514 e. The zero-order valence-electron chi connectivity index (χ0n) is 9.83. The molecule has 5 heteroatoms. The summed E-state index contributed by atoms with van der Waals surface area (Å²) in [6.45, 7) is 0.741. The number of hydrogen-bond acceptors (Lipinski definition) is 4. The molecule has 0 aliphatic heterocycles. The lowest BCUT2D eigenvalue weighted by Gasteiger charge is -2.28. The maximum absolute atomic E-state index is 5.79. The Hall–Kier alpha value is 0.0569. The molecule has 1 fully saturated rings. The van der Waals surface area contributed by atoms with Crippen molar-refractivity contribution in [2.24, 2.45) is 11.7 Å². The van der Waals surface area contributed by atoms with Gasteiger partial charge in [0.25, 0.3) is 0 Å². The van der Waals surface area contributed by atoms with Crippen molar-refractivity contribution < 1.29 is 13.3 Å². The van der Waals surface area contributed by atoms with Crippen molar-refractivity contribution >= 4 is 8.80 Å². The SMILES string of the molecule is CO[Si](CN)(OC)OCC1CCCCC1. The van der Waals surface area contributed by atoms with Crippen LogP contribution in [0.5, 0.6) is 0 Å². The number of nitrogens with two attached hydrogens (primary N) is 1. The Kier molecular flexibility index (Phi) is 5.77. The van der Waals surface area contributed by atoms with E-state index in [2.05, 4.69) is 0 Å². The maximum atomic E-state index is 5.79. The van der Waals surface area contributed by atoms with Crippen LogP contribution in [-0.2, 0) is 13.3 Å². The fourth-order valence-electron chi connectivity index (χ4n) is 2.03. The smallest absolute Gasteiger partial charge is 0.376 e. The lowest BCUT2D eigenvalue weighted by atomic mass is 9.90. The Morgan fingerprint density at radius 2 is 1.73 bits per heavy atom. The van der Waals surface area contributed by atoms with Crippen molar-refractivity contribution in [3.05, 3.63) is 0 Å². The summed E-state index contributed by atoms with van der Waals surface area (Å²) >= 11 is 0. The first-order valence-electron chi connectivity index (χ1n) is 5.70. The van der Waals surface area contributed by atoms with Crippen LogP contribution in [0, 0.1) is 5.92 Å². The Bertz CT molecular complexity index is 162. The molecular formula is C10H23NO3Si. The van der Waals surface area contributed by atoms with Gasteiger partial charge in [0.15, 0.2) is 0 Å². The highest BCUT2D eigenvalue weighted by Gasteiger charge is 2.38. The zero-order valence-corrected chi connectivity index (χ0v) is 10.8. The van der Waals surface area contributed by atoms with E-state index in [1.807, 2.05) is 0 Å². The third-order valence-corrected chi connectivity index (χ3v) is 5.49. The van der Waals surface area contributed by atoms with E-state index >= 15 is 0 Å². The molecule has 0 unspecified atom stereocenters. The van der Waals surface area contributed by atoms with Crippen molar-refractivity contribution in [2.75, 3.05) is 27.0 Å². The molecule has 2 N–H and O–H groups in total. The fraction of sp³-hybridized carbons (Fsp3) is 1.00. The molecule has 1 saturated carbocycles. The number of hydrogen-bond donors (Lipinski definition) is 1. The van der Waals surface area contributed by atoms with Gasteiger partial charge in [-0.3, -0.25) is 0 Å². The standard InChI is InChI=1S/C10H23NO3Si/c1-12-15(9-11,13-2)14-8-10-6-4-3-5-7-10/h10H,3-9,11H2,1-2H3. The molecule has 0 amide bonds. The van der Waals surface area contributed by atoms with Crippen LogP contribution in [0.4, 0.5) is 0 Å². The normalized spacial score (nSPS) is 19.4. The molecule has 0 aromatic carbocycles. The third-order valence-electron chi connectivity index (χ3n) is 3.14. The summed E-state index contributed by atoms with van der Waals surface area (Å²) < 4.78 is 16.4. The summed E-state index contributed by atoms with van der Waals surface area (Å²) in [5, 5.41) is 0. The highest BCUT2D eigenvalue weighted by molar-refractivity contribution is 6.60. The van der Waals surface area contributed by atoms with Crippen LogP contribution >= 0.6 is 0 Å². The van der Waals surface area contributed by atoms with Crippen LogP contribution in [0.25, 0.3) is 0 Å². The Labute approximate surface area is 93.4 Å². The van der Waals surface area contributed by atoms with Gasteiger partial charge in [0.1, 0.15) is 0 Å². The molecule has 1 rings (SSSR count). The van der Waals surface area contributed by atoms with Crippen molar-refractivity contribution in [3.63, 3.8) is 0 Å². The molecule has 0 heterocycles. The van der Waals surface area contributed by atoms with Crippen molar-refractivity contribution in [3.8, 4) is 0 Å². The minimum atomic E-state index is -2.52. The summed E-state index contributed by atoms with van der Waals surface area (Å²) in [5.41, 5.74) is 5.63. The average Bonchev–Trinajstić information content (AvgIpc) is 2.33. The monoisotopic (exact) mass is 233 g/mol. The summed E-state index contributed by atoms with van der Waals surface area (Å²) in [6.07, 6.45) is 6.90. The van der Waals surface area contributed by atoms with E-state index < -0.39 is 8.80 Å². The minimum absolute atomic E-state index is 0.354. The van der Waals surface area contributed by atoms with Crippen LogP contribution in [0.2, 0.25) is 0 Å². The summed E-state index contributed by atoms with van der Waals surface area (Å²) in [7, 11) is 0.705. The Morgan fingerprint density at radius 1 is 1.13 bits per heavy atom. The highest BCUT2D eigenvalue weighted by atomic mass is 28.4. The van der Waals surface area contributed by atoms with Gasteiger partial charge < -0.3 is 19.0 Å². The number of rotatable bonds is 6. The molecule has 0 aromatic rings. The quantitative estimate of drug-likeness (QED) is 0.703. The second-order valence-electron chi connectivity index (χ2n) is 4.11. The molecule has 0 saturated heterocycles. The van der Waals surface area contributed by atoms with E-state index in [0.29, 0.717) is 12.1 Å². The topological polar surface area (TPSA) is 53.7 Å². The van der Waals surface area contributed by atoms with E-state index in [1.165, 1.54) is 32.1 Å². The van der Waals surface area contributed by atoms with Gasteiger partial charge in [0.05, 0.1) is 6.17 Å². The predicted octanol–water partition coefficient (Wildman–Crippen LogP) is 1.31. The lowest BCUT2D eigenvalue weighted by Crippen LogP contribution is -2.52. The van der Waals surface area contributed by atoms with Crippen LogP contribution in [-0.4, -0.2) is 35.8 Å². The fourth-order valence-corrected chi connectivity index (χ4v) is 3.37. The van der Waals surface area contributed by atoms with Gasteiger partial charge >= 0.3 is 8.80 Å². The molecule has 1 aliphatic rings. The first-order valence-corrected chi connectivity index (χ1v) is 7.64. The van der Waals surface area contributed by atoms with Crippen LogP contribution in [0.15, 0.2) is 0 Å². The van der Waals surface area contributed by atoms with Crippen molar-refractivity contribution in [2.45, 2.75) is 32.1 Å². The molecule has 0 aromatic heterocycles. The lowest BCUT2D eigenvalue weighted by molar-refractivity contribution is 0.0757. The summed E-state index contributed by atoms with van der Waals surface area (Å²) in [6, 6.07) is 0. The second-order valence-corrected chi connectivity index (χ2v) is 6.99. The summed E-state index contributed by atoms with van der Waals surface area (Å²) in [4.78, 5) is 0. The molecule has 15 heavy (non-hydrogen) atoms. The predicted molar refractivity (Wildman–Crippen MR) is 61.4 cm³/mol. The minimum Gasteiger partial charge on any atom is -0.376 e. The summed E-state index contributed by atoms with van der Waals surface area (Å²) in [5.74, 6) is 0.669. The Balaban J connectivity index is 2.31. The van der Waals surface area contributed by atoms with Gasteiger partial charge in [-0.05, 0) is 18.8 Å². The molecule has 1 aliphatic carbocycles. The second kappa shape index (κ2) is 6.60. The average molecular weight is 233 g/mol. The van der Waals surface area contributed by atoms with E-state index in [1.54, 1.807) is 14.2 Å². The van der Waals surface area contributed by atoms with Gasteiger partial charge in [0, 0.05) is 20.8 Å². The molecule has 0 spiro atoms. The highest BCUT2D eigenvalue weighted by Crippen LogP contribution is 2.24. The molecule has 4 nitrogen and oxygen atoms in total. The van der Waals surface area contributed by atoms with Gasteiger partial charge in [0.2, 0.25) is 0 Å². The third kappa shape index (κ3) is 3.84. The molecule has 0 radical (unpaired) electrons. The van der Waals surface area contributed by atoms with Gasteiger partial charge in [-0.1, -0.05) is 19.3 Å².